The van der Waals surface area contributed by atoms with Crippen molar-refractivity contribution < 1.29 is 14.6 Å². The standard InChI is InChI=1S/C18H23NO3/c20-18(21)17-7-5-16(6-8-17)15-3-1-14(2-4-15)13-19-9-11-22-12-10-19/h1-5,17H,6-13H2,(H,20,21). The molecule has 2 aliphatic rings. The van der Waals surface area contributed by atoms with E-state index < -0.39 is 5.97 Å². The molecule has 1 saturated heterocycles. The van der Waals surface area contributed by atoms with Crippen LogP contribution in [-0.2, 0) is 16.1 Å². The number of benzene rings is 1. The molecule has 4 heteroatoms. The van der Waals surface area contributed by atoms with Crippen LogP contribution in [0.5, 0.6) is 0 Å². The SMILES string of the molecule is O=C(O)C1CC=C(c2ccc(CN3CCOCC3)cc2)CC1. The van der Waals surface area contributed by atoms with Crippen molar-refractivity contribution in [2.45, 2.75) is 25.8 Å². The van der Waals surface area contributed by atoms with Crippen molar-refractivity contribution in [3.63, 3.8) is 0 Å². The lowest BCUT2D eigenvalue weighted by molar-refractivity contribution is -0.141. The minimum Gasteiger partial charge on any atom is -0.481 e. The molecule has 1 aromatic carbocycles. The number of carboxylic acids is 1. The first kappa shape index (κ1) is 15.3. The molecule has 118 valence electrons. The molecule has 1 aliphatic heterocycles. The van der Waals surface area contributed by atoms with E-state index >= 15 is 0 Å². The van der Waals surface area contributed by atoms with Crippen LogP contribution >= 0.6 is 0 Å². The third kappa shape index (κ3) is 3.76. The largest absolute Gasteiger partial charge is 0.481 e. The summed E-state index contributed by atoms with van der Waals surface area (Å²) in [5.74, 6) is -0.875. The van der Waals surface area contributed by atoms with Crippen molar-refractivity contribution in [1.29, 1.82) is 0 Å². The van der Waals surface area contributed by atoms with Crippen molar-refractivity contribution in [1.82, 2.24) is 4.90 Å². The van der Waals surface area contributed by atoms with Gasteiger partial charge in [-0.05, 0) is 36.0 Å². The molecule has 0 radical (unpaired) electrons. The monoisotopic (exact) mass is 301 g/mol. The molecule has 3 rings (SSSR count). The quantitative estimate of drug-likeness (QED) is 0.929. The summed E-state index contributed by atoms with van der Waals surface area (Å²) in [6.45, 7) is 4.64. The molecule has 1 aliphatic carbocycles. The summed E-state index contributed by atoms with van der Waals surface area (Å²) < 4.78 is 5.37. The molecular formula is C18H23NO3. The lowest BCUT2D eigenvalue weighted by Gasteiger charge is -2.26. The number of nitrogens with zero attached hydrogens (tertiary/aromatic N) is 1. The van der Waals surface area contributed by atoms with Gasteiger partial charge in [-0.1, -0.05) is 30.3 Å². The second-order valence-corrected chi connectivity index (χ2v) is 6.12. The third-order valence-corrected chi connectivity index (χ3v) is 4.59. The highest BCUT2D eigenvalue weighted by Crippen LogP contribution is 2.30. The van der Waals surface area contributed by atoms with Crippen LogP contribution in [-0.4, -0.2) is 42.3 Å². The second-order valence-electron chi connectivity index (χ2n) is 6.12. The molecule has 1 N–H and O–H groups in total. The fourth-order valence-electron chi connectivity index (χ4n) is 3.16. The van der Waals surface area contributed by atoms with E-state index in [1.807, 2.05) is 0 Å². The summed E-state index contributed by atoms with van der Waals surface area (Å²) in [5, 5.41) is 9.04. The zero-order valence-electron chi connectivity index (χ0n) is 12.8. The Kier molecular flexibility index (Phi) is 4.90. The van der Waals surface area contributed by atoms with Gasteiger partial charge >= 0.3 is 5.97 Å². The maximum atomic E-state index is 11.0. The maximum Gasteiger partial charge on any atom is 0.306 e. The molecule has 1 atom stereocenters. The first-order chi connectivity index (χ1) is 10.7. The summed E-state index contributed by atoms with van der Waals surface area (Å²) in [6.07, 6.45) is 4.36. The maximum absolute atomic E-state index is 11.0. The van der Waals surface area contributed by atoms with Crippen LogP contribution in [0.25, 0.3) is 5.57 Å². The lowest BCUT2D eigenvalue weighted by Crippen LogP contribution is -2.35. The van der Waals surface area contributed by atoms with E-state index in [0.29, 0.717) is 6.42 Å². The van der Waals surface area contributed by atoms with E-state index in [2.05, 4.69) is 35.2 Å². The Hall–Kier alpha value is -1.65. The van der Waals surface area contributed by atoms with Gasteiger partial charge in [-0.25, -0.2) is 0 Å². The van der Waals surface area contributed by atoms with E-state index in [1.165, 1.54) is 16.7 Å². The summed E-state index contributed by atoms with van der Waals surface area (Å²) in [7, 11) is 0. The molecular weight excluding hydrogens is 278 g/mol. The van der Waals surface area contributed by atoms with Gasteiger partial charge in [0, 0.05) is 19.6 Å². The molecule has 0 bridgehead atoms. The van der Waals surface area contributed by atoms with Gasteiger partial charge in [0.05, 0.1) is 19.1 Å². The van der Waals surface area contributed by atoms with E-state index in [9.17, 15) is 4.79 Å². The van der Waals surface area contributed by atoms with E-state index in [-0.39, 0.29) is 5.92 Å². The number of carbonyl (C=O) groups is 1. The molecule has 1 unspecified atom stereocenters. The van der Waals surface area contributed by atoms with Crippen molar-refractivity contribution in [2.24, 2.45) is 5.92 Å². The Balaban J connectivity index is 1.60. The van der Waals surface area contributed by atoms with Crippen molar-refractivity contribution in [3.05, 3.63) is 41.5 Å². The minimum absolute atomic E-state index is 0.204. The Morgan fingerprint density at radius 3 is 2.55 bits per heavy atom. The predicted molar refractivity (Wildman–Crippen MR) is 85.5 cm³/mol. The first-order valence-corrected chi connectivity index (χ1v) is 8.03. The highest BCUT2D eigenvalue weighted by atomic mass is 16.5. The number of rotatable bonds is 4. The summed E-state index contributed by atoms with van der Waals surface area (Å²) in [5.41, 5.74) is 3.84. The first-order valence-electron chi connectivity index (χ1n) is 8.03. The second kappa shape index (κ2) is 7.07. The number of ether oxygens (including phenoxy) is 1. The number of carboxylic acid groups (broad SMARTS) is 1. The average Bonchev–Trinajstić information content (AvgIpc) is 2.57. The van der Waals surface area contributed by atoms with E-state index in [4.69, 9.17) is 9.84 Å². The highest BCUT2D eigenvalue weighted by molar-refractivity contribution is 5.74. The molecule has 0 amide bonds. The molecule has 22 heavy (non-hydrogen) atoms. The Bertz CT molecular complexity index is 544. The van der Waals surface area contributed by atoms with Crippen LogP contribution in [0.2, 0.25) is 0 Å². The highest BCUT2D eigenvalue weighted by Gasteiger charge is 2.21. The molecule has 0 aromatic heterocycles. The van der Waals surface area contributed by atoms with Gasteiger partial charge < -0.3 is 9.84 Å². The lowest BCUT2D eigenvalue weighted by atomic mass is 9.86. The van der Waals surface area contributed by atoms with Gasteiger partial charge in [0.15, 0.2) is 0 Å². The van der Waals surface area contributed by atoms with Crippen molar-refractivity contribution in [2.75, 3.05) is 26.3 Å². The number of morpholine rings is 1. The third-order valence-electron chi connectivity index (χ3n) is 4.59. The fourth-order valence-corrected chi connectivity index (χ4v) is 3.16. The van der Waals surface area contributed by atoms with Gasteiger partial charge in [-0.15, -0.1) is 0 Å². The minimum atomic E-state index is -0.670. The molecule has 4 nitrogen and oxygen atoms in total. The van der Waals surface area contributed by atoms with Crippen LogP contribution < -0.4 is 0 Å². The predicted octanol–water partition coefficient (Wildman–Crippen LogP) is 2.79. The van der Waals surface area contributed by atoms with Gasteiger partial charge in [-0.3, -0.25) is 9.69 Å². The van der Waals surface area contributed by atoms with Gasteiger partial charge in [0.1, 0.15) is 0 Å². The fraction of sp³-hybridized carbons (Fsp3) is 0.500. The average molecular weight is 301 g/mol. The van der Waals surface area contributed by atoms with Crippen molar-refractivity contribution in [3.8, 4) is 0 Å². The Labute approximate surface area is 131 Å². The zero-order chi connectivity index (χ0) is 15.4. The van der Waals surface area contributed by atoms with Crippen molar-refractivity contribution >= 4 is 11.5 Å². The topological polar surface area (TPSA) is 49.8 Å². The molecule has 1 heterocycles. The van der Waals surface area contributed by atoms with Gasteiger partial charge in [0.2, 0.25) is 0 Å². The van der Waals surface area contributed by atoms with Crippen LogP contribution in [0.15, 0.2) is 30.3 Å². The molecule has 1 fully saturated rings. The van der Waals surface area contributed by atoms with E-state index in [0.717, 1.165) is 45.7 Å². The number of aliphatic carboxylic acids is 1. The zero-order valence-corrected chi connectivity index (χ0v) is 12.8. The van der Waals surface area contributed by atoms with Gasteiger partial charge in [-0.2, -0.15) is 0 Å². The van der Waals surface area contributed by atoms with Crippen LogP contribution in [0, 0.1) is 5.92 Å². The number of hydrogen-bond acceptors (Lipinski definition) is 3. The van der Waals surface area contributed by atoms with Crippen LogP contribution in [0.3, 0.4) is 0 Å². The number of hydrogen-bond donors (Lipinski definition) is 1. The normalized spacial score (nSPS) is 23.1. The molecule has 0 spiro atoms. The van der Waals surface area contributed by atoms with Crippen LogP contribution in [0.1, 0.15) is 30.4 Å². The van der Waals surface area contributed by atoms with Gasteiger partial charge in [0.25, 0.3) is 0 Å². The Morgan fingerprint density at radius 2 is 1.95 bits per heavy atom. The summed E-state index contributed by atoms with van der Waals surface area (Å²) >= 11 is 0. The van der Waals surface area contributed by atoms with E-state index in [1.54, 1.807) is 0 Å². The van der Waals surface area contributed by atoms with Crippen LogP contribution in [0.4, 0.5) is 0 Å². The summed E-state index contributed by atoms with van der Waals surface area (Å²) in [4.78, 5) is 13.4. The number of allylic oxidation sites excluding steroid dienone is 2. The smallest absolute Gasteiger partial charge is 0.306 e. The summed E-state index contributed by atoms with van der Waals surface area (Å²) in [6, 6.07) is 8.72. The molecule has 0 saturated carbocycles. The molecule has 1 aromatic rings. The Morgan fingerprint density at radius 1 is 1.23 bits per heavy atom.